The van der Waals surface area contributed by atoms with Crippen LogP contribution in [0, 0.1) is 0 Å². The molecular formula is C24H26N4O3. The smallest absolute Gasteiger partial charge is 0.328 e. The number of piperidine rings is 1. The van der Waals surface area contributed by atoms with E-state index in [1.54, 1.807) is 22.7 Å². The molecule has 3 aromatic rings. The van der Waals surface area contributed by atoms with Crippen molar-refractivity contribution in [3.8, 4) is 0 Å². The van der Waals surface area contributed by atoms with Gasteiger partial charge in [0, 0.05) is 6.54 Å². The Morgan fingerprint density at radius 1 is 1.03 bits per heavy atom. The summed E-state index contributed by atoms with van der Waals surface area (Å²) in [5.74, 6) is -0.640. The summed E-state index contributed by atoms with van der Waals surface area (Å²) in [6.07, 6.45) is 4.02. The first-order valence-corrected chi connectivity index (χ1v) is 10.7. The van der Waals surface area contributed by atoms with Crippen LogP contribution < -0.4 is 0 Å². The average Bonchev–Trinajstić information content (AvgIpc) is 3.30. The summed E-state index contributed by atoms with van der Waals surface area (Å²) in [6.45, 7) is 2.57. The number of nitrogens with zero attached hydrogens (tertiary/aromatic N) is 4. The minimum atomic E-state index is -0.564. The number of hydrogen-bond donors (Lipinski definition) is 0. The fraction of sp³-hybridized carbons (Fsp3) is 0.333. The van der Waals surface area contributed by atoms with Gasteiger partial charge in [-0.05, 0) is 37.3 Å². The van der Waals surface area contributed by atoms with Crippen LogP contribution in [0.1, 0.15) is 53.8 Å². The number of likely N-dealkylation sites (tertiary alicyclic amines) is 1. The summed E-state index contributed by atoms with van der Waals surface area (Å²) < 4.78 is 6.89. The van der Waals surface area contributed by atoms with E-state index in [0.717, 1.165) is 24.0 Å². The molecule has 1 aliphatic rings. The summed E-state index contributed by atoms with van der Waals surface area (Å²) in [5.41, 5.74) is 2.31. The van der Waals surface area contributed by atoms with Gasteiger partial charge in [0.2, 0.25) is 0 Å². The second-order valence-corrected chi connectivity index (χ2v) is 7.57. The highest BCUT2D eigenvalue weighted by Gasteiger charge is 2.35. The zero-order valence-corrected chi connectivity index (χ0v) is 17.6. The number of hydrogen-bond acceptors (Lipinski definition) is 5. The van der Waals surface area contributed by atoms with Gasteiger partial charge in [-0.25, -0.2) is 9.48 Å². The van der Waals surface area contributed by atoms with E-state index in [4.69, 9.17) is 4.74 Å². The van der Waals surface area contributed by atoms with Gasteiger partial charge >= 0.3 is 5.97 Å². The molecule has 0 N–H and O–H groups in total. The third-order valence-electron chi connectivity index (χ3n) is 5.55. The van der Waals surface area contributed by atoms with Gasteiger partial charge < -0.3 is 9.64 Å². The monoisotopic (exact) mass is 418 g/mol. The van der Waals surface area contributed by atoms with E-state index in [0.29, 0.717) is 19.6 Å². The maximum atomic E-state index is 13.2. The van der Waals surface area contributed by atoms with Crippen LogP contribution in [0.5, 0.6) is 0 Å². The summed E-state index contributed by atoms with van der Waals surface area (Å²) >= 11 is 0. The topological polar surface area (TPSA) is 77.3 Å². The molecule has 2 aromatic carbocycles. The number of esters is 1. The van der Waals surface area contributed by atoms with Crippen LogP contribution in [-0.4, -0.2) is 51.0 Å². The molecule has 1 aromatic heterocycles. The predicted octanol–water partition coefficient (Wildman–Crippen LogP) is 3.47. The Morgan fingerprint density at radius 2 is 1.68 bits per heavy atom. The fourth-order valence-corrected chi connectivity index (χ4v) is 4.07. The van der Waals surface area contributed by atoms with E-state index < -0.39 is 6.04 Å². The van der Waals surface area contributed by atoms with Crippen LogP contribution in [0.4, 0.5) is 0 Å². The van der Waals surface area contributed by atoms with Crippen molar-refractivity contribution >= 4 is 11.9 Å². The van der Waals surface area contributed by atoms with Gasteiger partial charge in [0.1, 0.15) is 12.1 Å². The molecule has 7 nitrogen and oxygen atoms in total. The van der Waals surface area contributed by atoms with Crippen molar-refractivity contribution in [3.63, 3.8) is 0 Å². The summed E-state index contributed by atoms with van der Waals surface area (Å²) in [4.78, 5) is 27.2. The number of ether oxygens (including phenoxy) is 1. The van der Waals surface area contributed by atoms with Crippen LogP contribution in [0.3, 0.4) is 0 Å². The highest BCUT2D eigenvalue weighted by Crippen LogP contribution is 2.26. The molecule has 1 atom stereocenters. The van der Waals surface area contributed by atoms with Gasteiger partial charge in [-0.2, -0.15) is 0 Å². The van der Waals surface area contributed by atoms with E-state index >= 15 is 0 Å². The van der Waals surface area contributed by atoms with Crippen LogP contribution in [0.25, 0.3) is 0 Å². The van der Waals surface area contributed by atoms with Crippen LogP contribution in [0.2, 0.25) is 0 Å². The second kappa shape index (κ2) is 9.55. The lowest BCUT2D eigenvalue weighted by atomic mass is 9.99. The average molecular weight is 418 g/mol. The first-order chi connectivity index (χ1) is 15.2. The van der Waals surface area contributed by atoms with E-state index in [1.165, 1.54) is 0 Å². The van der Waals surface area contributed by atoms with Crippen LogP contribution in [-0.2, 0) is 9.53 Å². The lowest BCUT2D eigenvalue weighted by Crippen LogP contribution is -2.48. The number of benzene rings is 2. The van der Waals surface area contributed by atoms with E-state index in [1.807, 2.05) is 60.7 Å². The van der Waals surface area contributed by atoms with Gasteiger partial charge in [-0.1, -0.05) is 65.9 Å². The normalized spacial score (nSPS) is 16.3. The van der Waals surface area contributed by atoms with Gasteiger partial charge in [0.25, 0.3) is 5.91 Å². The van der Waals surface area contributed by atoms with Gasteiger partial charge in [-0.15, -0.1) is 5.10 Å². The maximum Gasteiger partial charge on any atom is 0.328 e. The largest absolute Gasteiger partial charge is 0.464 e. The van der Waals surface area contributed by atoms with Crippen molar-refractivity contribution in [1.29, 1.82) is 0 Å². The molecule has 31 heavy (non-hydrogen) atoms. The molecule has 4 rings (SSSR count). The number of carbonyl (C=O) groups is 2. The Bertz CT molecular complexity index is 980. The van der Waals surface area contributed by atoms with Crippen molar-refractivity contribution < 1.29 is 14.3 Å². The maximum absolute atomic E-state index is 13.2. The van der Waals surface area contributed by atoms with Crippen molar-refractivity contribution in [1.82, 2.24) is 19.9 Å². The van der Waals surface area contributed by atoms with Crippen LogP contribution in [0.15, 0.2) is 66.9 Å². The summed E-state index contributed by atoms with van der Waals surface area (Å²) in [7, 11) is 0. The van der Waals surface area contributed by atoms with Crippen molar-refractivity contribution in [2.24, 2.45) is 0 Å². The minimum Gasteiger partial charge on any atom is -0.464 e. The van der Waals surface area contributed by atoms with E-state index in [9.17, 15) is 9.59 Å². The molecule has 1 aliphatic heterocycles. The molecule has 0 bridgehead atoms. The zero-order chi connectivity index (χ0) is 21.6. The van der Waals surface area contributed by atoms with Crippen molar-refractivity contribution in [3.05, 3.63) is 83.7 Å². The number of carbonyl (C=O) groups excluding carboxylic acids is 2. The molecule has 1 fully saturated rings. The molecule has 2 heterocycles. The number of rotatable bonds is 6. The molecule has 1 amide bonds. The standard InChI is InChI=1S/C24H26N4O3/c1-2-31-24(30)21-15-9-10-16-27(21)23(29)20-17-28(26-25-20)22(18-11-5-3-6-12-18)19-13-7-4-8-14-19/h3-8,11-14,17,21-22H,2,9-10,15-16H2,1H3. The molecule has 1 unspecified atom stereocenters. The molecular weight excluding hydrogens is 392 g/mol. The van der Waals surface area contributed by atoms with Gasteiger partial charge in [0.05, 0.1) is 12.8 Å². The molecule has 0 saturated carbocycles. The summed E-state index contributed by atoms with van der Waals surface area (Å²) in [6, 6.07) is 19.2. The Morgan fingerprint density at radius 3 is 2.29 bits per heavy atom. The second-order valence-electron chi connectivity index (χ2n) is 7.57. The lowest BCUT2D eigenvalue weighted by molar-refractivity contribution is -0.149. The van der Waals surface area contributed by atoms with E-state index in [-0.39, 0.29) is 23.6 Å². The molecule has 0 aliphatic carbocycles. The molecule has 160 valence electrons. The SMILES string of the molecule is CCOC(=O)C1CCCCN1C(=O)c1cn(C(c2ccccc2)c2ccccc2)nn1. The third-order valence-corrected chi connectivity index (χ3v) is 5.55. The molecule has 0 spiro atoms. The quantitative estimate of drug-likeness (QED) is 0.573. The first kappa shape index (κ1) is 20.8. The first-order valence-electron chi connectivity index (χ1n) is 10.7. The summed E-state index contributed by atoms with van der Waals surface area (Å²) in [5, 5.41) is 8.47. The number of aromatic nitrogens is 3. The van der Waals surface area contributed by atoms with Gasteiger partial charge in [-0.3, -0.25) is 4.79 Å². The Labute approximate surface area is 181 Å². The Hall–Kier alpha value is -3.48. The van der Waals surface area contributed by atoms with Crippen LogP contribution >= 0.6 is 0 Å². The van der Waals surface area contributed by atoms with Gasteiger partial charge in [0.15, 0.2) is 5.69 Å². The van der Waals surface area contributed by atoms with E-state index in [2.05, 4.69) is 10.3 Å². The molecule has 0 radical (unpaired) electrons. The predicted molar refractivity (Wildman–Crippen MR) is 115 cm³/mol. The highest BCUT2D eigenvalue weighted by atomic mass is 16.5. The van der Waals surface area contributed by atoms with Crippen molar-refractivity contribution in [2.45, 2.75) is 38.3 Å². The fourth-order valence-electron chi connectivity index (χ4n) is 4.07. The third kappa shape index (κ3) is 4.50. The minimum absolute atomic E-state index is 0.210. The van der Waals surface area contributed by atoms with Crippen molar-refractivity contribution in [2.75, 3.05) is 13.2 Å². The lowest BCUT2D eigenvalue weighted by Gasteiger charge is -2.33. The number of amides is 1. The molecule has 7 heteroatoms. The molecule has 1 saturated heterocycles. The highest BCUT2D eigenvalue weighted by molar-refractivity contribution is 5.95. The Balaban J connectivity index is 1.64. The Kier molecular flexibility index (Phi) is 6.40. The zero-order valence-electron chi connectivity index (χ0n) is 17.6.